The van der Waals surface area contributed by atoms with Crippen molar-refractivity contribution in [2.24, 2.45) is 11.5 Å². The molecule has 0 radical (unpaired) electrons. The van der Waals surface area contributed by atoms with Crippen LogP contribution in [0.1, 0.15) is 18.5 Å². The molecule has 1 unspecified atom stereocenters. The zero-order chi connectivity index (χ0) is 13.0. The molecule has 0 saturated carbocycles. The van der Waals surface area contributed by atoms with Gasteiger partial charge >= 0.3 is 0 Å². The van der Waals surface area contributed by atoms with E-state index < -0.39 is 6.04 Å². The van der Waals surface area contributed by atoms with Crippen molar-refractivity contribution in [1.82, 2.24) is 0 Å². The van der Waals surface area contributed by atoms with Crippen molar-refractivity contribution in [2.45, 2.75) is 13.0 Å². The average Bonchev–Trinajstić information content (AvgIpc) is 2.25. The molecule has 5 heteroatoms. The largest absolute Gasteiger partial charge is 0.400 e. The first-order valence-corrected chi connectivity index (χ1v) is 6.46. The Labute approximate surface area is 119 Å². The molecule has 0 saturated heterocycles. The van der Waals surface area contributed by atoms with E-state index in [0.29, 0.717) is 15.8 Å². The molecule has 0 fully saturated rings. The van der Waals surface area contributed by atoms with Crippen LogP contribution in [0.4, 0.5) is 0 Å². The van der Waals surface area contributed by atoms with Crippen molar-refractivity contribution in [3.8, 4) is 0 Å². The summed E-state index contributed by atoms with van der Waals surface area (Å²) in [5, 5.41) is 1.29. The molecule has 2 nitrogen and oxygen atoms in total. The monoisotopic (exact) mass is 334 g/mol. The first-order chi connectivity index (χ1) is 7.91. The second kappa shape index (κ2) is 6.45. The summed E-state index contributed by atoms with van der Waals surface area (Å²) in [4.78, 5) is 0. The predicted molar refractivity (Wildman–Crippen MR) is 78.0 cm³/mol. The summed E-state index contributed by atoms with van der Waals surface area (Å²) in [6.07, 6.45) is 3.41. The molecule has 1 aromatic carbocycles. The molecule has 0 aliphatic heterocycles. The fourth-order valence-corrected chi connectivity index (χ4v) is 2.24. The lowest BCUT2D eigenvalue weighted by Crippen LogP contribution is -2.19. The maximum Gasteiger partial charge on any atom is 0.0709 e. The number of halogens is 3. The quantitative estimate of drug-likeness (QED) is 0.817. The molecule has 0 aliphatic rings. The van der Waals surface area contributed by atoms with Gasteiger partial charge in [-0.1, -0.05) is 45.2 Å². The summed E-state index contributed by atoms with van der Waals surface area (Å²) >= 11 is 15.0. The van der Waals surface area contributed by atoms with E-state index in [1.807, 2.05) is 6.07 Å². The van der Waals surface area contributed by atoms with Gasteiger partial charge in [-0.15, -0.1) is 0 Å². The van der Waals surface area contributed by atoms with E-state index in [9.17, 15) is 0 Å². The molecule has 4 N–H and O–H groups in total. The van der Waals surface area contributed by atoms with Crippen molar-refractivity contribution in [3.05, 3.63) is 56.1 Å². The first kappa shape index (κ1) is 14.6. The second-order valence-electron chi connectivity index (χ2n) is 3.56. The Morgan fingerprint density at radius 2 is 2.06 bits per heavy atom. The smallest absolute Gasteiger partial charge is 0.0709 e. The highest BCUT2D eigenvalue weighted by Crippen LogP contribution is 2.27. The van der Waals surface area contributed by atoms with E-state index in [4.69, 9.17) is 34.7 Å². The van der Waals surface area contributed by atoms with Crippen LogP contribution in [0, 0.1) is 0 Å². The Hall–Kier alpha value is -0.480. The molecule has 0 aliphatic carbocycles. The van der Waals surface area contributed by atoms with Crippen LogP contribution in [0.3, 0.4) is 0 Å². The maximum atomic E-state index is 6.04. The molecule has 1 aromatic rings. The third kappa shape index (κ3) is 4.36. The molecular weight excluding hydrogens is 323 g/mol. The van der Waals surface area contributed by atoms with E-state index in [2.05, 4.69) is 15.9 Å². The van der Waals surface area contributed by atoms with E-state index in [1.165, 1.54) is 0 Å². The van der Waals surface area contributed by atoms with E-state index in [-0.39, 0.29) is 0 Å². The summed E-state index contributed by atoms with van der Waals surface area (Å²) in [7, 11) is 0. The van der Waals surface area contributed by atoms with E-state index >= 15 is 0 Å². The number of benzene rings is 1. The molecule has 92 valence electrons. The van der Waals surface area contributed by atoms with Gasteiger partial charge in [-0.25, -0.2) is 0 Å². The van der Waals surface area contributed by atoms with Crippen molar-refractivity contribution in [2.75, 3.05) is 0 Å². The van der Waals surface area contributed by atoms with Crippen LogP contribution >= 0.6 is 39.1 Å². The Morgan fingerprint density at radius 3 is 2.59 bits per heavy atom. The summed E-state index contributed by atoms with van der Waals surface area (Å²) in [6, 6.07) is 5.01. The first-order valence-electron chi connectivity index (χ1n) is 4.92. The average molecular weight is 336 g/mol. The zero-order valence-corrected chi connectivity index (χ0v) is 12.4. The van der Waals surface area contributed by atoms with Crippen LogP contribution in [0.5, 0.6) is 0 Å². The van der Waals surface area contributed by atoms with Crippen LogP contribution in [-0.4, -0.2) is 0 Å². The third-order valence-electron chi connectivity index (χ3n) is 2.16. The van der Waals surface area contributed by atoms with Gasteiger partial charge in [0.05, 0.1) is 6.04 Å². The highest BCUT2D eigenvalue weighted by atomic mass is 79.9. The van der Waals surface area contributed by atoms with Gasteiger partial charge in [-0.05, 0) is 36.8 Å². The van der Waals surface area contributed by atoms with Crippen molar-refractivity contribution < 1.29 is 0 Å². The Morgan fingerprint density at radius 1 is 1.41 bits per heavy atom. The molecule has 17 heavy (non-hydrogen) atoms. The van der Waals surface area contributed by atoms with Crippen LogP contribution in [0.2, 0.25) is 5.02 Å². The lowest BCUT2D eigenvalue weighted by molar-refractivity contribution is 0.828. The Kier molecular flexibility index (Phi) is 5.53. The summed E-state index contributed by atoms with van der Waals surface area (Å²) < 4.78 is 0.834. The minimum Gasteiger partial charge on any atom is -0.400 e. The number of hydrogen-bond acceptors (Lipinski definition) is 2. The van der Waals surface area contributed by atoms with E-state index in [0.717, 1.165) is 10.0 Å². The molecule has 0 heterocycles. The van der Waals surface area contributed by atoms with Gasteiger partial charge in [-0.2, -0.15) is 0 Å². The Balaban J connectivity index is 3.00. The zero-order valence-electron chi connectivity index (χ0n) is 9.25. The minimum absolute atomic E-state index is 0.395. The van der Waals surface area contributed by atoms with Crippen molar-refractivity contribution in [3.63, 3.8) is 0 Å². The van der Waals surface area contributed by atoms with Gasteiger partial charge in [0.1, 0.15) is 0 Å². The molecule has 0 aromatic heterocycles. The van der Waals surface area contributed by atoms with Crippen LogP contribution in [-0.2, 0) is 0 Å². The maximum absolute atomic E-state index is 6.04. The lowest BCUT2D eigenvalue weighted by Gasteiger charge is -2.14. The van der Waals surface area contributed by atoms with Crippen molar-refractivity contribution >= 4 is 39.1 Å². The number of rotatable bonds is 3. The van der Waals surface area contributed by atoms with Crippen LogP contribution in [0.25, 0.3) is 0 Å². The highest BCUT2D eigenvalue weighted by Gasteiger charge is 2.12. The fraction of sp³-hybridized carbons (Fsp3) is 0.167. The number of hydrogen-bond donors (Lipinski definition) is 2. The summed E-state index contributed by atoms with van der Waals surface area (Å²) in [5.41, 5.74) is 13.3. The van der Waals surface area contributed by atoms with Gasteiger partial charge in [0.15, 0.2) is 0 Å². The molecule has 0 amide bonds. The Bertz CT molecular complexity index is 466. The standard InChI is InChI=1S/C12H13BrCl2N2/c1-7(14)2-5-11(16)12(17)9-4-3-8(15)6-10(9)13/h2-6,12H,16-17H2,1H3/b7-2+,11-5-. The van der Waals surface area contributed by atoms with Crippen molar-refractivity contribution in [1.29, 1.82) is 0 Å². The normalized spacial score (nSPS) is 14.9. The highest BCUT2D eigenvalue weighted by molar-refractivity contribution is 9.10. The topological polar surface area (TPSA) is 52.0 Å². The second-order valence-corrected chi connectivity index (χ2v) is 5.45. The summed E-state index contributed by atoms with van der Waals surface area (Å²) in [5.74, 6) is 0. The molecule has 0 bridgehead atoms. The fourth-order valence-electron chi connectivity index (χ4n) is 1.25. The molecule has 1 rings (SSSR count). The van der Waals surface area contributed by atoms with Gasteiger partial charge in [0.2, 0.25) is 0 Å². The number of nitrogens with two attached hydrogens (primary N) is 2. The van der Waals surface area contributed by atoms with Crippen LogP contribution in [0.15, 0.2) is 45.6 Å². The number of allylic oxidation sites excluding steroid dienone is 3. The third-order valence-corrected chi connectivity index (χ3v) is 3.21. The SMILES string of the molecule is C/C(Cl)=C\C=C(/N)C(N)c1ccc(Cl)cc1Br. The van der Waals surface area contributed by atoms with Gasteiger partial charge in [0, 0.05) is 20.2 Å². The van der Waals surface area contributed by atoms with Gasteiger partial charge < -0.3 is 11.5 Å². The van der Waals surface area contributed by atoms with E-state index in [1.54, 1.807) is 31.2 Å². The molecule has 0 spiro atoms. The predicted octanol–water partition coefficient (Wildman–Crippen LogP) is 4.09. The van der Waals surface area contributed by atoms with Gasteiger partial charge in [-0.3, -0.25) is 0 Å². The van der Waals surface area contributed by atoms with Gasteiger partial charge in [0.25, 0.3) is 0 Å². The molecule has 1 atom stereocenters. The van der Waals surface area contributed by atoms with Crippen LogP contribution < -0.4 is 11.5 Å². The minimum atomic E-state index is -0.395. The lowest BCUT2D eigenvalue weighted by atomic mass is 10.0. The molecular formula is C12H13BrCl2N2. The summed E-state index contributed by atoms with van der Waals surface area (Å²) in [6.45, 7) is 1.77.